The number of nitrogens with one attached hydrogen (secondary N) is 1. The third-order valence-corrected chi connectivity index (χ3v) is 6.46. The number of anilines is 1. The van der Waals surface area contributed by atoms with Crippen LogP contribution in [-0.4, -0.2) is 33.8 Å². The van der Waals surface area contributed by atoms with Crippen molar-refractivity contribution in [2.45, 2.75) is 12.8 Å². The number of benzene rings is 1. The van der Waals surface area contributed by atoms with Crippen molar-refractivity contribution in [3.05, 3.63) is 52.1 Å². The average molecular weight is 445 g/mol. The molecule has 0 aliphatic rings. The zero-order valence-corrected chi connectivity index (χ0v) is 17.8. The van der Waals surface area contributed by atoms with Gasteiger partial charge in [-0.15, -0.1) is 22.7 Å². The summed E-state index contributed by atoms with van der Waals surface area (Å²) in [6, 6.07) is 8.14. The number of ether oxygens (including phenoxy) is 1. The quantitative estimate of drug-likeness (QED) is 0.449. The Labute approximate surface area is 179 Å². The molecule has 0 radical (unpaired) electrons. The molecule has 1 N–H and O–H groups in total. The SMILES string of the molecule is COC(=O)CCc1csc(NC(=O)c2cc3c(-c4ccccc4F)nn(C)c3s2)n1. The molecule has 1 amide bonds. The standard InChI is InChI=1S/C20H17FN4O3S2/c1-25-19-13(17(24-25)12-5-3-4-6-14(12)21)9-15(30-19)18(27)23-20-22-11(10-29-20)7-8-16(26)28-2/h3-6,9-10H,7-8H2,1-2H3,(H,22,23,27). The number of hydrogen-bond acceptors (Lipinski definition) is 7. The summed E-state index contributed by atoms with van der Waals surface area (Å²) in [5.74, 6) is -0.973. The van der Waals surface area contributed by atoms with Crippen LogP contribution in [0, 0.1) is 5.82 Å². The van der Waals surface area contributed by atoms with Gasteiger partial charge in [0.25, 0.3) is 5.91 Å². The number of carbonyl (C=O) groups excluding carboxylic acids is 2. The normalized spacial score (nSPS) is 11.0. The summed E-state index contributed by atoms with van der Waals surface area (Å²) in [7, 11) is 3.10. The molecule has 154 valence electrons. The number of aromatic nitrogens is 3. The van der Waals surface area contributed by atoms with Gasteiger partial charge in [0.1, 0.15) is 16.3 Å². The molecule has 0 saturated heterocycles. The summed E-state index contributed by atoms with van der Waals surface area (Å²) in [4.78, 5) is 29.5. The molecule has 0 atom stereocenters. The Kier molecular flexibility index (Phi) is 5.60. The third-order valence-electron chi connectivity index (χ3n) is 4.45. The number of aryl methyl sites for hydroxylation is 2. The Hall–Kier alpha value is -3.11. The zero-order valence-electron chi connectivity index (χ0n) is 16.1. The predicted molar refractivity (Wildman–Crippen MR) is 114 cm³/mol. The Bertz CT molecular complexity index is 1240. The minimum Gasteiger partial charge on any atom is -0.469 e. The molecule has 0 bridgehead atoms. The molecule has 0 unspecified atom stereocenters. The van der Waals surface area contributed by atoms with Crippen LogP contribution in [0.3, 0.4) is 0 Å². The molecule has 1 aromatic carbocycles. The summed E-state index contributed by atoms with van der Waals surface area (Å²) in [5, 5.41) is 10.2. The maximum Gasteiger partial charge on any atom is 0.305 e. The largest absolute Gasteiger partial charge is 0.469 e. The number of amides is 1. The van der Waals surface area contributed by atoms with E-state index in [0.717, 1.165) is 10.2 Å². The van der Waals surface area contributed by atoms with Crippen LogP contribution in [0.2, 0.25) is 0 Å². The highest BCUT2D eigenvalue weighted by atomic mass is 32.1. The van der Waals surface area contributed by atoms with Crippen molar-refractivity contribution in [1.82, 2.24) is 14.8 Å². The van der Waals surface area contributed by atoms with Gasteiger partial charge in [-0.25, -0.2) is 9.37 Å². The molecule has 4 aromatic rings. The Morgan fingerprint density at radius 3 is 2.87 bits per heavy atom. The lowest BCUT2D eigenvalue weighted by Gasteiger charge is -2.00. The van der Waals surface area contributed by atoms with Crippen molar-refractivity contribution in [3.63, 3.8) is 0 Å². The number of rotatable bonds is 6. The van der Waals surface area contributed by atoms with E-state index < -0.39 is 0 Å². The predicted octanol–water partition coefficient (Wildman–Crippen LogP) is 4.26. The van der Waals surface area contributed by atoms with E-state index in [1.165, 1.54) is 35.8 Å². The first-order valence-corrected chi connectivity index (χ1v) is 10.7. The van der Waals surface area contributed by atoms with Crippen molar-refractivity contribution < 1.29 is 18.7 Å². The van der Waals surface area contributed by atoms with Crippen LogP contribution in [0.15, 0.2) is 35.7 Å². The first-order chi connectivity index (χ1) is 14.5. The van der Waals surface area contributed by atoms with E-state index >= 15 is 0 Å². The fourth-order valence-electron chi connectivity index (χ4n) is 2.97. The van der Waals surface area contributed by atoms with Crippen LogP contribution in [0.4, 0.5) is 9.52 Å². The van der Waals surface area contributed by atoms with Crippen molar-refractivity contribution in [3.8, 4) is 11.3 Å². The topological polar surface area (TPSA) is 86.1 Å². The second kappa shape index (κ2) is 8.33. The van der Waals surface area contributed by atoms with E-state index in [2.05, 4.69) is 20.1 Å². The van der Waals surface area contributed by atoms with Crippen molar-refractivity contribution >= 4 is 49.9 Å². The number of fused-ring (bicyclic) bond motifs is 1. The first kappa shape index (κ1) is 20.2. The first-order valence-electron chi connectivity index (χ1n) is 9.00. The van der Waals surface area contributed by atoms with E-state index in [-0.39, 0.29) is 24.1 Å². The molecule has 0 spiro atoms. The summed E-state index contributed by atoms with van der Waals surface area (Å²) >= 11 is 2.57. The lowest BCUT2D eigenvalue weighted by Crippen LogP contribution is -2.10. The number of carbonyl (C=O) groups is 2. The summed E-state index contributed by atoms with van der Waals surface area (Å²) in [5.41, 5.74) is 1.60. The van der Waals surface area contributed by atoms with Gasteiger partial charge in [-0.1, -0.05) is 12.1 Å². The lowest BCUT2D eigenvalue weighted by molar-refractivity contribution is -0.140. The molecular weight excluding hydrogens is 427 g/mol. The maximum absolute atomic E-state index is 14.2. The van der Waals surface area contributed by atoms with Crippen LogP contribution in [0.25, 0.3) is 21.5 Å². The fourth-order valence-corrected chi connectivity index (χ4v) is 4.68. The van der Waals surface area contributed by atoms with Crippen molar-refractivity contribution in [2.75, 3.05) is 12.4 Å². The second-order valence-corrected chi connectivity index (χ2v) is 8.34. The number of nitrogens with zero attached hydrogens (tertiary/aromatic N) is 3. The Morgan fingerprint density at radius 1 is 1.30 bits per heavy atom. The number of esters is 1. The Balaban J connectivity index is 1.55. The third kappa shape index (κ3) is 3.96. The molecule has 0 aliphatic heterocycles. The van der Waals surface area contributed by atoms with Crippen molar-refractivity contribution in [1.29, 1.82) is 0 Å². The van der Waals surface area contributed by atoms with E-state index in [0.29, 0.717) is 33.4 Å². The second-order valence-electron chi connectivity index (χ2n) is 6.46. The van der Waals surface area contributed by atoms with Crippen molar-refractivity contribution in [2.24, 2.45) is 7.05 Å². The van der Waals surface area contributed by atoms with Crippen LogP contribution in [-0.2, 0) is 23.0 Å². The van der Waals surface area contributed by atoms with Gasteiger partial charge < -0.3 is 4.74 Å². The van der Waals surface area contributed by atoms with E-state index in [4.69, 9.17) is 0 Å². The van der Waals surface area contributed by atoms with Gasteiger partial charge in [-0.05, 0) is 18.2 Å². The molecule has 0 aliphatic carbocycles. The van der Waals surface area contributed by atoms with Crippen LogP contribution < -0.4 is 5.32 Å². The molecule has 4 rings (SSSR count). The minimum absolute atomic E-state index is 0.232. The summed E-state index contributed by atoms with van der Waals surface area (Å²) < 4.78 is 20.5. The smallest absolute Gasteiger partial charge is 0.305 e. The van der Waals surface area contributed by atoms with E-state index in [1.54, 1.807) is 41.4 Å². The highest BCUT2D eigenvalue weighted by Crippen LogP contribution is 2.35. The van der Waals surface area contributed by atoms with Gasteiger partial charge in [0.2, 0.25) is 0 Å². The molecule has 3 aromatic heterocycles. The minimum atomic E-state index is -0.364. The summed E-state index contributed by atoms with van der Waals surface area (Å²) in [6.07, 6.45) is 0.676. The van der Waals surface area contributed by atoms with Gasteiger partial charge in [-0.2, -0.15) is 5.10 Å². The maximum atomic E-state index is 14.2. The molecular formula is C20H17FN4O3S2. The molecule has 30 heavy (non-hydrogen) atoms. The van der Waals surface area contributed by atoms with Gasteiger partial charge in [0.15, 0.2) is 5.13 Å². The summed E-state index contributed by atoms with van der Waals surface area (Å²) in [6.45, 7) is 0. The molecule has 10 heteroatoms. The molecule has 0 fully saturated rings. The fraction of sp³-hybridized carbons (Fsp3) is 0.200. The van der Waals surface area contributed by atoms with Gasteiger partial charge in [0, 0.05) is 29.8 Å². The van der Waals surface area contributed by atoms with Crippen LogP contribution >= 0.6 is 22.7 Å². The van der Waals surface area contributed by atoms with E-state index in [9.17, 15) is 14.0 Å². The number of halogens is 1. The average Bonchev–Trinajstić information content (AvgIpc) is 3.44. The van der Waals surface area contributed by atoms with E-state index in [1.807, 2.05) is 0 Å². The molecule has 7 nitrogen and oxygen atoms in total. The van der Waals surface area contributed by atoms with Crippen LogP contribution in [0.5, 0.6) is 0 Å². The van der Waals surface area contributed by atoms with Crippen LogP contribution in [0.1, 0.15) is 21.8 Å². The van der Waals surface area contributed by atoms with Gasteiger partial charge >= 0.3 is 5.97 Å². The lowest BCUT2D eigenvalue weighted by atomic mass is 10.1. The van der Waals surface area contributed by atoms with Gasteiger partial charge in [-0.3, -0.25) is 19.6 Å². The monoisotopic (exact) mass is 444 g/mol. The number of hydrogen-bond donors (Lipinski definition) is 1. The highest BCUT2D eigenvalue weighted by Gasteiger charge is 2.20. The Morgan fingerprint density at radius 2 is 2.10 bits per heavy atom. The number of methoxy groups -OCH3 is 1. The van der Waals surface area contributed by atoms with Gasteiger partial charge in [0.05, 0.1) is 24.1 Å². The zero-order chi connectivity index (χ0) is 21.3. The molecule has 0 saturated carbocycles. The highest BCUT2D eigenvalue weighted by molar-refractivity contribution is 7.20. The number of thiazole rings is 1. The molecule has 3 heterocycles. The number of thiophene rings is 1.